The highest BCUT2D eigenvalue weighted by atomic mass is 79.9. The van der Waals surface area contributed by atoms with E-state index >= 15 is 0 Å². The molecule has 1 unspecified atom stereocenters. The standard InChI is InChI=1S/C19H24BrClN2O5/c1-12(2)5-8-27-18(25)10-15-19(26)22-6-7-23(15)17(24)11-28-16-4-3-13(21)9-14(16)20/h3-4,9,12,15H,5-8,10-11H2,1-2H3,(H,22,26). The van der Waals surface area contributed by atoms with Crippen molar-refractivity contribution in [3.8, 4) is 5.75 Å². The molecule has 0 aliphatic carbocycles. The molecule has 0 spiro atoms. The Morgan fingerprint density at radius 1 is 1.39 bits per heavy atom. The van der Waals surface area contributed by atoms with Crippen molar-refractivity contribution in [2.24, 2.45) is 5.92 Å². The third-order valence-corrected chi connectivity index (χ3v) is 5.07. The van der Waals surface area contributed by atoms with Crippen LogP contribution in [0.5, 0.6) is 5.75 Å². The lowest BCUT2D eigenvalue weighted by Crippen LogP contribution is -2.58. The summed E-state index contributed by atoms with van der Waals surface area (Å²) in [6, 6.07) is 4.05. The summed E-state index contributed by atoms with van der Waals surface area (Å²) in [6.45, 7) is 4.73. The van der Waals surface area contributed by atoms with Gasteiger partial charge in [-0.05, 0) is 46.5 Å². The van der Waals surface area contributed by atoms with E-state index in [4.69, 9.17) is 21.1 Å². The smallest absolute Gasteiger partial charge is 0.308 e. The van der Waals surface area contributed by atoms with E-state index in [1.54, 1.807) is 18.2 Å². The van der Waals surface area contributed by atoms with E-state index in [0.29, 0.717) is 40.9 Å². The van der Waals surface area contributed by atoms with Crippen LogP contribution >= 0.6 is 27.5 Å². The monoisotopic (exact) mass is 474 g/mol. The molecular formula is C19H24BrClN2O5. The molecule has 0 radical (unpaired) electrons. The van der Waals surface area contributed by atoms with E-state index in [9.17, 15) is 14.4 Å². The number of hydrogen-bond acceptors (Lipinski definition) is 5. The number of amides is 2. The van der Waals surface area contributed by atoms with Crippen molar-refractivity contribution in [2.75, 3.05) is 26.3 Å². The summed E-state index contributed by atoms with van der Waals surface area (Å²) in [6.07, 6.45) is 0.565. The lowest BCUT2D eigenvalue weighted by atomic mass is 10.1. The number of halogens is 2. The summed E-state index contributed by atoms with van der Waals surface area (Å²) in [5.41, 5.74) is 0. The number of carbonyl (C=O) groups excluding carboxylic acids is 3. The first kappa shape index (κ1) is 22.5. The van der Waals surface area contributed by atoms with E-state index in [2.05, 4.69) is 21.2 Å². The summed E-state index contributed by atoms with van der Waals surface area (Å²) in [5, 5.41) is 3.22. The maximum Gasteiger partial charge on any atom is 0.308 e. The highest BCUT2D eigenvalue weighted by Crippen LogP contribution is 2.28. The quantitative estimate of drug-likeness (QED) is 0.585. The first-order valence-electron chi connectivity index (χ1n) is 9.08. The Hall–Kier alpha value is -1.80. The van der Waals surface area contributed by atoms with Crippen molar-refractivity contribution < 1.29 is 23.9 Å². The van der Waals surface area contributed by atoms with E-state index in [1.165, 1.54) is 4.90 Å². The molecule has 1 heterocycles. The summed E-state index contributed by atoms with van der Waals surface area (Å²) in [7, 11) is 0. The Labute approximate surface area is 177 Å². The molecule has 1 aliphatic heterocycles. The van der Waals surface area contributed by atoms with Crippen LogP contribution in [-0.4, -0.2) is 55.0 Å². The summed E-state index contributed by atoms with van der Waals surface area (Å²) < 4.78 is 11.3. The predicted molar refractivity (Wildman–Crippen MR) is 108 cm³/mol. The fourth-order valence-corrected chi connectivity index (χ4v) is 3.45. The third-order valence-electron chi connectivity index (χ3n) is 4.21. The second-order valence-electron chi connectivity index (χ2n) is 6.86. The molecule has 1 aromatic rings. The Balaban J connectivity index is 1.95. The van der Waals surface area contributed by atoms with Crippen LogP contribution in [0.3, 0.4) is 0 Å². The van der Waals surface area contributed by atoms with Crippen LogP contribution < -0.4 is 10.1 Å². The number of hydrogen-bond donors (Lipinski definition) is 1. The van der Waals surface area contributed by atoms with Gasteiger partial charge in [-0.3, -0.25) is 14.4 Å². The van der Waals surface area contributed by atoms with Gasteiger partial charge in [-0.15, -0.1) is 0 Å². The predicted octanol–water partition coefficient (Wildman–Crippen LogP) is 2.79. The molecule has 1 aromatic carbocycles. The highest BCUT2D eigenvalue weighted by Gasteiger charge is 2.35. The molecule has 1 aliphatic rings. The average Bonchev–Trinajstić information content (AvgIpc) is 2.62. The second-order valence-corrected chi connectivity index (χ2v) is 8.16. The van der Waals surface area contributed by atoms with Crippen LogP contribution in [0.15, 0.2) is 22.7 Å². The lowest BCUT2D eigenvalue weighted by Gasteiger charge is -2.34. The first-order valence-corrected chi connectivity index (χ1v) is 10.3. The van der Waals surface area contributed by atoms with Crippen LogP contribution in [0.1, 0.15) is 26.7 Å². The first-order chi connectivity index (χ1) is 13.3. The molecule has 0 bridgehead atoms. The van der Waals surface area contributed by atoms with Crippen LogP contribution in [0, 0.1) is 5.92 Å². The average molecular weight is 476 g/mol. The molecule has 9 heteroatoms. The topological polar surface area (TPSA) is 84.9 Å². The molecule has 0 aromatic heterocycles. The molecule has 0 saturated carbocycles. The number of esters is 1. The fraction of sp³-hybridized carbons (Fsp3) is 0.526. The van der Waals surface area contributed by atoms with Gasteiger partial charge in [0.1, 0.15) is 11.8 Å². The number of rotatable bonds is 8. The summed E-state index contributed by atoms with van der Waals surface area (Å²) in [4.78, 5) is 38.3. The third kappa shape index (κ3) is 6.67. The minimum Gasteiger partial charge on any atom is -0.483 e. The van der Waals surface area contributed by atoms with Crippen molar-refractivity contribution in [3.05, 3.63) is 27.7 Å². The number of nitrogens with one attached hydrogen (secondary N) is 1. The van der Waals surface area contributed by atoms with Crippen molar-refractivity contribution in [2.45, 2.75) is 32.7 Å². The van der Waals surface area contributed by atoms with Gasteiger partial charge in [-0.2, -0.15) is 0 Å². The Bertz CT molecular complexity index is 728. The summed E-state index contributed by atoms with van der Waals surface area (Å²) >= 11 is 9.21. The van der Waals surface area contributed by atoms with Crippen LogP contribution in [-0.2, 0) is 19.1 Å². The molecule has 28 heavy (non-hydrogen) atoms. The number of nitrogens with zero attached hydrogens (tertiary/aromatic N) is 1. The molecule has 7 nitrogen and oxygen atoms in total. The number of ether oxygens (including phenoxy) is 2. The van der Waals surface area contributed by atoms with E-state index in [-0.39, 0.29) is 24.8 Å². The maximum atomic E-state index is 12.6. The molecule has 154 valence electrons. The van der Waals surface area contributed by atoms with Crippen LogP contribution in [0.2, 0.25) is 5.02 Å². The van der Waals surface area contributed by atoms with Gasteiger partial charge >= 0.3 is 5.97 Å². The zero-order valence-corrected chi connectivity index (χ0v) is 18.2. The van der Waals surface area contributed by atoms with Gasteiger partial charge in [0.2, 0.25) is 5.91 Å². The fourth-order valence-electron chi connectivity index (χ4n) is 2.66. The molecular weight excluding hydrogens is 452 g/mol. The maximum absolute atomic E-state index is 12.6. The number of carbonyl (C=O) groups is 3. The van der Waals surface area contributed by atoms with Gasteiger partial charge in [-0.25, -0.2) is 0 Å². The Morgan fingerprint density at radius 2 is 2.14 bits per heavy atom. The van der Waals surface area contributed by atoms with E-state index in [1.807, 2.05) is 13.8 Å². The Morgan fingerprint density at radius 3 is 2.82 bits per heavy atom. The summed E-state index contributed by atoms with van der Waals surface area (Å²) in [5.74, 6) is -0.372. The van der Waals surface area contributed by atoms with Crippen LogP contribution in [0.25, 0.3) is 0 Å². The van der Waals surface area contributed by atoms with Crippen LogP contribution in [0.4, 0.5) is 0 Å². The molecule has 2 rings (SSSR count). The zero-order chi connectivity index (χ0) is 20.7. The SMILES string of the molecule is CC(C)CCOC(=O)CC1C(=O)NCCN1C(=O)COc1ccc(Cl)cc1Br. The van der Waals surface area contributed by atoms with E-state index in [0.717, 1.165) is 6.42 Å². The molecule has 1 N–H and O–H groups in total. The van der Waals surface area contributed by atoms with Gasteiger partial charge in [0.25, 0.3) is 5.91 Å². The minimum atomic E-state index is -0.898. The highest BCUT2D eigenvalue weighted by molar-refractivity contribution is 9.10. The van der Waals surface area contributed by atoms with Crippen molar-refractivity contribution in [1.29, 1.82) is 0 Å². The normalized spacial score (nSPS) is 16.7. The molecule has 1 fully saturated rings. The second kappa shape index (κ2) is 10.7. The van der Waals surface area contributed by atoms with Gasteiger partial charge in [0, 0.05) is 18.1 Å². The van der Waals surface area contributed by atoms with Gasteiger partial charge in [-0.1, -0.05) is 25.4 Å². The number of benzene rings is 1. The zero-order valence-electron chi connectivity index (χ0n) is 15.9. The van der Waals surface area contributed by atoms with Gasteiger partial charge in [0.05, 0.1) is 17.5 Å². The largest absolute Gasteiger partial charge is 0.483 e. The molecule has 2 amide bonds. The minimum absolute atomic E-state index is 0.180. The molecule has 1 atom stereocenters. The molecule has 1 saturated heterocycles. The van der Waals surface area contributed by atoms with E-state index < -0.39 is 12.0 Å². The number of piperazine rings is 1. The van der Waals surface area contributed by atoms with Crippen molar-refractivity contribution >= 4 is 45.3 Å². The van der Waals surface area contributed by atoms with Crippen molar-refractivity contribution in [1.82, 2.24) is 10.2 Å². The van der Waals surface area contributed by atoms with Gasteiger partial charge < -0.3 is 19.7 Å². The van der Waals surface area contributed by atoms with Crippen molar-refractivity contribution in [3.63, 3.8) is 0 Å². The van der Waals surface area contributed by atoms with Gasteiger partial charge in [0.15, 0.2) is 6.61 Å². The lowest BCUT2D eigenvalue weighted by molar-refractivity contribution is -0.152. The Kier molecular flexibility index (Phi) is 8.57.